The first-order valence-corrected chi connectivity index (χ1v) is 9.27. The van der Waals surface area contributed by atoms with E-state index < -0.39 is 5.91 Å². The maximum atomic E-state index is 12.3. The molecule has 5 nitrogen and oxygen atoms in total. The molecular weight excluding hydrogens is 420 g/mol. The quantitative estimate of drug-likeness (QED) is 0.709. The number of nitrogens with one attached hydrogen (secondary N) is 1. The Labute approximate surface area is 170 Å². The summed E-state index contributed by atoms with van der Waals surface area (Å²) < 4.78 is 0. The predicted octanol–water partition coefficient (Wildman–Crippen LogP) is 4.75. The number of nitrogens with zero attached hydrogens (tertiary/aromatic N) is 2. The third kappa shape index (κ3) is 3.91. The minimum atomic E-state index is -0.519. The Hall–Kier alpha value is -1.53. The molecule has 2 amide bonds. The monoisotopic (exact) mass is 431 g/mol. The Morgan fingerprint density at radius 3 is 2.38 bits per heavy atom. The first-order valence-electron chi connectivity index (χ1n) is 7.76. The van der Waals surface area contributed by atoms with E-state index in [2.05, 4.69) is 10.3 Å². The van der Waals surface area contributed by atoms with Crippen LogP contribution >= 0.6 is 46.4 Å². The minimum absolute atomic E-state index is 0.00179. The standard InChI is InChI=1S/C17H13Cl4N3O2/c18-12-13(19)15(23-16(21)14(12)20)17(26)22-8-9-3-5-10(6-4-9)24-7-1-2-11(24)25/h3-6H,1-2,7-8H2,(H,22,26). The molecule has 9 heteroatoms. The van der Waals surface area contributed by atoms with Crippen molar-refractivity contribution in [1.82, 2.24) is 10.3 Å². The Morgan fingerprint density at radius 2 is 1.77 bits per heavy atom. The van der Waals surface area contributed by atoms with Crippen LogP contribution < -0.4 is 10.2 Å². The second-order valence-corrected chi connectivity index (χ2v) is 7.18. The van der Waals surface area contributed by atoms with E-state index in [0.717, 1.165) is 24.2 Å². The van der Waals surface area contributed by atoms with Gasteiger partial charge >= 0.3 is 0 Å². The van der Waals surface area contributed by atoms with Gasteiger partial charge in [0.25, 0.3) is 5.91 Å². The van der Waals surface area contributed by atoms with Crippen molar-refractivity contribution in [2.75, 3.05) is 11.4 Å². The number of hydrogen-bond acceptors (Lipinski definition) is 3. The molecule has 136 valence electrons. The highest BCUT2D eigenvalue weighted by Crippen LogP contribution is 2.36. The van der Waals surface area contributed by atoms with Gasteiger partial charge < -0.3 is 10.2 Å². The van der Waals surface area contributed by atoms with Crippen molar-refractivity contribution in [3.8, 4) is 0 Å². The van der Waals surface area contributed by atoms with Gasteiger partial charge in [0, 0.05) is 25.2 Å². The number of hydrogen-bond donors (Lipinski definition) is 1. The van der Waals surface area contributed by atoms with Crippen molar-refractivity contribution < 1.29 is 9.59 Å². The smallest absolute Gasteiger partial charge is 0.271 e. The topological polar surface area (TPSA) is 62.3 Å². The Bertz CT molecular complexity index is 871. The maximum absolute atomic E-state index is 12.3. The van der Waals surface area contributed by atoms with Crippen LogP contribution in [0.25, 0.3) is 0 Å². The summed E-state index contributed by atoms with van der Waals surface area (Å²) >= 11 is 23.6. The van der Waals surface area contributed by atoms with Crippen molar-refractivity contribution in [2.45, 2.75) is 19.4 Å². The first kappa shape index (κ1) is 19.2. The maximum Gasteiger partial charge on any atom is 0.271 e. The molecule has 2 heterocycles. The number of carbonyl (C=O) groups excluding carboxylic acids is 2. The lowest BCUT2D eigenvalue weighted by Gasteiger charge is -2.16. The Morgan fingerprint density at radius 1 is 1.08 bits per heavy atom. The zero-order valence-electron chi connectivity index (χ0n) is 13.4. The molecule has 1 aliphatic heterocycles. The fourth-order valence-corrected chi connectivity index (χ4v) is 3.43. The number of anilines is 1. The second-order valence-electron chi connectivity index (χ2n) is 5.69. The van der Waals surface area contributed by atoms with Crippen molar-refractivity contribution >= 4 is 63.9 Å². The molecule has 0 spiro atoms. The van der Waals surface area contributed by atoms with Crippen LogP contribution in [0.2, 0.25) is 20.2 Å². The Kier molecular flexibility index (Phi) is 5.92. The molecule has 0 atom stereocenters. The normalized spacial score (nSPS) is 14.0. The van der Waals surface area contributed by atoms with Crippen molar-refractivity contribution in [3.63, 3.8) is 0 Å². The van der Waals surface area contributed by atoms with Crippen LogP contribution in [0.1, 0.15) is 28.9 Å². The zero-order valence-corrected chi connectivity index (χ0v) is 16.4. The lowest BCUT2D eigenvalue weighted by molar-refractivity contribution is -0.117. The lowest BCUT2D eigenvalue weighted by Crippen LogP contribution is -2.25. The number of carbonyl (C=O) groups is 2. The summed E-state index contributed by atoms with van der Waals surface area (Å²) in [6, 6.07) is 7.40. The third-order valence-corrected chi connectivity index (χ3v) is 5.65. The SMILES string of the molecule is O=C(NCc1ccc(N2CCCC2=O)cc1)c1nc(Cl)c(Cl)c(Cl)c1Cl. The summed E-state index contributed by atoms with van der Waals surface area (Å²) in [5.41, 5.74) is 1.62. The summed E-state index contributed by atoms with van der Waals surface area (Å²) in [5, 5.41) is 2.54. The average Bonchev–Trinajstić information content (AvgIpc) is 3.07. The van der Waals surface area contributed by atoms with Crippen LogP contribution in [0.4, 0.5) is 5.69 Å². The molecule has 1 fully saturated rings. The van der Waals surface area contributed by atoms with Gasteiger partial charge in [-0.25, -0.2) is 4.98 Å². The predicted molar refractivity (Wildman–Crippen MR) is 103 cm³/mol. The number of amides is 2. The summed E-state index contributed by atoms with van der Waals surface area (Å²) in [5.74, 6) is -0.391. The van der Waals surface area contributed by atoms with E-state index in [1.54, 1.807) is 4.90 Å². The van der Waals surface area contributed by atoms with Gasteiger partial charge in [-0.3, -0.25) is 9.59 Å². The molecule has 0 bridgehead atoms. The fraction of sp³-hybridized carbons (Fsp3) is 0.235. The minimum Gasteiger partial charge on any atom is -0.347 e. The molecule has 26 heavy (non-hydrogen) atoms. The summed E-state index contributed by atoms with van der Waals surface area (Å²) in [7, 11) is 0. The van der Waals surface area contributed by atoms with Gasteiger partial charge in [0.1, 0.15) is 10.8 Å². The molecule has 2 aromatic rings. The highest BCUT2D eigenvalue weighted by molar-refractivity contribution is 6.52. The van der Waals surface area contributed by atoms with Gasteiger partial charge in [-0.15, -0.1) is 0 Å². The molecular formula is C17H13Cl4N3O2. The van der Waals surface area contributed by atoms with Crippen molar-refractivity contribution in [2.24, 2.45) is 0 Å². The van der Waals surface area contributed by atoms with Crippen LogP contribution in [-0.4, -0.2) is 23.3 Å². The molecule has 0 radical (unpaired) electrons. The van der Waals surface area contributed by atoms with E-state index in [0.29, 0.717) is 6.42 Å². The van der Waals surface area contributed by atoms with Crippen LogP contribution in [-0.2, 0) is 11.3 Å². The van der Waals surface area contributed by atoms with Crippen molar-refractivity contribution in [3.05, 3.63) is 55.7 Å². The number of pyridine rings is 1. The Balaban J connectivity index is 1.67. The molecule has 1 aromatic heterocycles. The number of halogens is 4. The molecule has 0 saturated carbocycles. The van der Waals surface area contributed by atoms with Crippen molar-refractivity contribution in [1.29, 1.82) is 0 Å². The van der Waals surface area contributed by atoms with E-state index >= 15 is 0 Å². The average molecular weight is 433 g/mol. The van der Waals surface area contributed by atoms with Crippen LogP contribution in [0.3, 0.4) is 0 Å². The van der Waals surface area contributed by atoms with Gasteiger partial charge in [0.15, 0.2) is 0 Å². The van der Waals surface area contributed by atoms with Gasteiger partial charge in [0.05, 0.1) is 15.1 Å². The molecule has 1 saturated heterocycles. The second kappa shape index (κ2) is 8.01. The van der Waals surface area contributed by atoms with E-state index in [-0.39, 0.29) is 38.4 Å². The molecule has 3 rings (SSSR count). The van der Waals surface area contributed by atoms with Gasteiger partial charge in [-0.2, -0.15) is 0 Å². The molecule has 0 aliphatic carbocycles. The van der Waals surface area contributed by atoms with E-state index in [4.69, 9.17) is 46.4 Å². The van der Waals surface area contributed by atoms with Gasteiger partial charge in [0.2, 0.25) is 5.91 Å². The number of rotatable bonds is 4. The highest BCUT2D eigenvalue weighted by Gasteiger charge is 2.22. The molecule has 1 N–H and O–H groups in total. The third-order valence-electron chi connectivity index (χ3n) is 3.97. The zero-order chi connectivity index (χ0) is 18.8. The van der Waals surface area contributed by atoms with E-state index in [1.807, 2.05) is 24.3 Å². The number of aromatic nitrogens is 1. The van der Waals surface area contributed by atoms with E-state index in [9.17, 15) is 9.59 Å². The van der Waals surface area contributed by atoms with Gasteiger partial charge in [-0.05, 0) is 24.1 Å². The summed E-state index contributed by atoms with van der Waals surface area (Å²) in [6.45, 7) is 0.986. The largest absolute Gasteiger partial charge is 0.347 e. The first-order chi connectivity index (χ1) is 12.4. The molecule has 1 aromatic carbocycles. The lowest BCUT2D eigenvalue weighted by atomic mass is 10.2. The van der Waals surface area contributed by atoms with Crippen LogP contribution in [0.15, 0.2) is 24.3 Å². The van der Waals surface area contributed by atoms with Crippen LogP contribution in [0, 0.1) is 0 Å². The van der Waals surface area contributed by atoms with Crippen LogP contribution in [0.5, 0.6) is 0 Å². The molecule has 0 unspecified atom stereocenters. The molecule has 1 aliphatic rings. The highest BCUT2D eigenvalue weighted by atomic mass is 35.5. The van der Waals surface area contributed by atoms with E-state index in [1.165, 1.54) is 0 Å². The summed E-state index contributed by atoms with van der Waals surface area (Å²) in [6.07, 6.45) is 1.45. The number of benzene rings is 1. The summed E-state index contributed by atoms with van der Waals surface area (Å²) in [4.78, 5) is 29.7. The fourth-order valence-electron chi connectivity index (χ4n) is 2.62. The van der Waals surface area contributed by atoms with Gasteiger partial charge in [-0.1, -0.05) is 58.5 Å².